The first-order valence-electron chi connectivity index (χ1n) is 16.3. The molecule has 0 N–H and O–H groups in total. The molecule has 10 rings (SSSR count). The predicted molar refractivity (Wildman–Crippen MR) is 199 cm³/mol. The standard InChI is InChI=1S/C44H25N5/c45-26-28-25-42(47-36-19-7-1-13-29(36)30-14-2-8-20-37(30)47)44(49-40-23-11-5-17-33(40)34-18-6-12-24-41(34)49)43(35(28)27-46)48-38-21-9-3-15-31(38)32-16-4-10-22-39(32)48/h1-25H. The van der Waals surface area contributed by atoms with Crippen LogP contribution in [-0.4, -0.2) is 13.7 Å². The smallest absolute Gasteiger partial charge is 0.103 e. The second-order valence-corrected chi connectivity index (χ2v) is 12.3. The Morgan fingerprint density at radius 2 is 0.653 bits per heavy atom. The number of benzene rings is 7. The minimum atomic E-state index is 0.320. The van der Waals surface area contributed by atoms with Crippen molar-refractivity contribution in [1.82, 2.24) is 13.7 Å². The van der Waals surface area contributed by atoms with Gasteiger partial charge in [0.15, 0.2) is 0 Å². The third-order valence-electron chi connectivity index (χ3n) is 9.91. The maximum atomic E-state index is 11.1. The van der Waals surface area contributed by atoms with Crippen molar-refractivity contribution in [3.63, 3.8) is 0 Å². The van der Waals surface area contributed by atoms with Gasteiger partial charge in [-0.05, 0) is 42.5 Å². The highest BCUT2D eigenvalue weighted by Crippen LogP contribution is 2.44. The topological polar surface area (TPSA) is 62.4 Å². The average molecular weight is 624 g/mol. The molecular weight excluding hydrogens is 599 g/mol. The number of nitriles is 2. The summed E-state index contributed by atoms with van der Waals surface area (Å²) in [5.74, 6) is 0. The van der Waals surface area contributed by atoms with E-state index in [4.69, 9.17) is 0 Å². The van der Waals surface area contributed by atoms with Crippen molar-refractivity contribution in [1.29, 1.82) is 10.5 Å². The van der Waals surface area contributed by atoms with Gasteiger partial charge in [0.2, 0.25) is 0 Å². The van der Waals surface area contributed by atoms with E-state index in [-0.39, 0.29) is 0 Å². The minimum Gasteiger partial charge on any atom is -0.307 e. The molecule has 3 aromatic heterocycles. The fourth-order valence-electron chi connectivity index (χ4n) is 7.96. The Bertz CT molecular complexity index is 2920. The Kier molecular flexibility index (Phi) is 5.64. The van der Waals surface area contributed by atoms with Crippen molar-refractivity contribution in [2.75, 3.05) is 0 Å². The molecule has 226 valence electrons. The number of nitrogens with zero attached hydrogens (tertiary/aromatic N) is 5. The lowest BCUT2D eigenvalue weighted by Gasteiger charge is -2.23. The number of hydrogen-bond acceptors (Lipinski definition) is 2. The lowest BCUT2D eigenvalue weighted by molar-refractivity contribution is 1.04. The van der Waals surface area contributed by atoms with Gasteiger partial charge in [0.25, 0.3) is 0 Å². The lowest BCUT2D eigenvalue weighted by Crippen LogP contribution is -2.12. The summed E-state index contributed by atoms with van der Waals surface area (Å²) in [7, 11) is 0. The van der Waals surface area contributed by atoms with Gasteiger partial charge in [-0.15, -0.1) is 0 Å². The monoisotopic (exact) mass is 623 g/mol. The van der Waals surface area contributed by atoms with Crippen LogP contribution in [0.3, 0.4) is 0 Å². The van der Waals surface area contributed by atoms with Gasteiger partial charge in [-0.2, -0.15) is 10.5 Å². The van der Waals surface area contributed by atoms with Gasteiger partial charge in [0.05, 0.1) is 61.3 Å². The third kappa shape index (κ3) is 3.62. The van der Waals surface area contributed by atoms with Gasteiger partial charge in [0.1, 0.15) is 12.1 Å². The molecule has 0 aliphatic rings. The average Bonchev–Trinajstić information content (AvgIpc) is 3.80. The summed E-state index contributed by atoms with van der Waals surface area (Å²) in [6.07, 6.45) is 0. The van der Waals surface area contributed by atoms with Crippen molar-refractivity contribution < 1.29 is 0 Å². The molecule has 5 nitrogen and oxygen atoms in total. The van der Waals surface area contributed by atoms with Gasteiger partial charge in [-0.3, -0.25) is 0 Å². The predicted octanol–water partition coefficient (Wildman–Crippen LogP) is 10.7. The molecule has 0 atom stereocenters. The van der Waals surface area contributed by atoms with E-state index in [0.717, 1.165) is 76.8 Å². The van der Waals surface area contributed by atoms with E-state index >= 15 is 0 Å². The van der Waals surface area contributed by atoms with Crippen molar-refractivity contribution >= 4 is 65.4 Å². The summed E-state index contributed by atoms with van der Waals surface area (Å²) in [4.78, 5) is 0. The van der Waals surface area contributed by atoms with Crippen molar-refractivity contribution in [2.45, 2.75) is 0 Å². The van der Waals surface area contributed by atoms with Crippen LogP contribution in [0.2, 0.25) is 0 Å². The zero-order chi connectivity index (χ0) is 32.6. The van der Waals surface area contributed by atoms with Crippen LogP contribution in [0, 0.1) is 22.7 Å². The maximum Gasteiger partial charge on any atom is 0.103 e. The highest BCUT2D eigenvalue weighted by molar-refractivity contribution is 6.14. The van der Waals surface area contributed by atoms with Crippen LogP contribution in [0.5, 0.6) is 0 Å². The van der Waals surface area contributed by atoms with E-state index in [2.05, 4.69) is 147 Å². The number of aromatic nitrogens is 3. The molecule has 0 radical (unpaired) electrons. The fourth-order valence-corrected chi connectivity index (χ4v) is 7.96. The molecule has 10 aromatic rings. The summed E-state index contributed by atoms with van der Waals surface area (Å²) < 4.78 is 6.76. The summed E-state index contributed by atoms with van der Waals surface area (Å²) >= 11 is 0. The van der Waals surface area contributed by atoms with Crippen LogP contribution in [0.15, 0.2) is 152 Å². The van der Waals surface area contributed by atoms with Crippen LogP contribution >= 0.6 is 0 Å². The Morgan fingerprint density at radius 3 is 0.980 bits per heavy atom. The molecule has 0 aliphatic carbocycles. The summed E-state index contributed by atoms with van der Waals surface area (Å²) in [6.45, 7) is 0. The highest BCUT2D eigenvalue weighted by atomic mass is 15.1. The molecule has 0 aliphatic heterocycles. The summed E-state index contributed by atoms with van der Waals surface area (Å²) in [5.41, 5.74) is 8.96. The molecule has 0 bridgehead atoms. The summed E-state index contributed by atoms with van der Waals surface area (Å²) in [6, 6.07) is 57.2. The van der Waals surface area contributed by atoms with E-state index in [0.29, 0.717) is 16.8 Å². The van der Waals surface area contributed by atoms with Crippen molar-refractivity contribution in [3.05, 3.63) is 163 Å². The Balaban J connectivity index is 1.54. The first kappa shape index (κ1) is 27.1. The molecule has 7 aromatic carbocycles. The molecule has 0 spiro atoms. The fraction of sp³-hybridized carbons (Fsp3) is 0. The zero-order valence-electron chi connectivity index (χ0n) is 26.2. The summed E-state index contributed by atoms with van der Waals surface area (Å²) in [5, 5.41) is 28.5. The molecule has 5 heteroatoms. The van der Waals surface area contributed by atoms with Crippen LogP contribution in [0.1, 0.15) is 11.1 Å². The molecular formula is C44H25N5. The Labute approximate surface area is 280 Å². The molecule has 0 fully saturated rings. The molecule has 0 saturated carbocycles. The van der Waals surface area contributed by atoms with E-state index in [1.165, 1.54) is 0 Å². The molecule has 0 unspecified atom stereocenters. The van der Waals surface area contributed by atoms with Crippen molar-refractivity contribution in [3.8, 4) is 29.2 Å². The van der Waals surface area contributed by atoms with Gasteiger partial charge in [-0.25, -0.2) is 0 Å². The van der Waals surface area contributed by atoms with Gasteiger partial charge in [0, 0.05) is 32.3 Å². The van der Waals surface area contributed by atoms with Gasteiger partial charge < -0.3 is 13.7 Å². The highest BCUT2D eigenvalue weighted by Gasteiger charge is 2.28. The molecule has 0 amide bonds. The van der Waals surface area contributed by atoms with Crippen LogP contribution in [0.4, 0.5) is 0 Å². The second-order valence-electron chi connectivity index (χ2n) is 12.3. The largest absolute Gasteiger partial charge is 0.307 e. The SMILES string of the molecule is N#Cc1cc(-n2c3ccccc3c3ccccc32)c(-n2c3ccccc3c3ccccc32)c(-n2c3ccccc3c3ccccc32)c1C#N. The maximum absolute atomic E-state index is 11.1. The molecule has 0 saturated heterocycles. The number of para-hydroxylation sites is 6. The van der Waals surface area contributed by atoms with Crippen LogP contribution in [0.25, 0.3) is 82.5 Å². The number of fused-ring (bicyclic) bond motifs is 9. The number of rotatable bonds is 3. The normalized spacial score (nSPS) is 11.6. The van der Waals surface area contributed by atoms with E-state index in [1.54, 1.807) is 0 Å². The van der Waals surface area contributed by atoms with Crippen LogP contribution < -0.4 is 0 Å². The first-order valence-corrected chi connectivity index (χ1v) is 16.3. The van der Waals surface area contributed by atoms with Crippen LogP contribution in [-0.2, 0) is 0 Å². The Morgan fingerprint density at radius 1 is 0.347 bits per heavy atom. The molecule has 49 heavy (non-hydrogen) atoms. The second kappa shape index (κ2) is 10.2. The first-order chi connectivity index (χ1) is 24.3. The van der Waals surface area contributed by atoms with Gasteiger partial charge >= 0.3 is 0 Å². The minimum absolute atomic E-state index is 0.320. The Hall–Kier alpha value is -7.08. The lowest BCUT2D eigenvalue weighted by atomic mass is 10.0. The van der Waals surface area contributed by atoms with E-state index in [1.807, 2.05) is 30.3 Å². The third-order valence-corrected chi connectivity index (χ3v) is 9.91. The van der Waals surface area contributed by atoms with Gasteiger partial charge in [-0.1, -0.05) is 109 Å². The quantitative estimate of drug-likeness (QED) is 0.197. The van der Waals surface area contributed by atoms with E-state index in [9.17, 15) is 10.5 Å². The van der Waals surface area contributed by atoms with E-state index < -0.39 is 0 Å². The number of hydrogen-bond donors (Lipinski definition) is 0. The van der Waals surface area contributed by atoms with Crippen molar-refractivity contribution in [2.24, 2.45) is 0 Å². The zero-order valence-corrected chi connectivity index (χ0v) is 26.2. The molecule has 3 heterocycles.